The van der Waals surface area contributed by atoms with Gasteiger partial charge in [-0.1, -0.05) is 13.8 Å². The first-order valence-corrected chi connectivity index (χ1v) is 5.26. The van der Waals surface area contributed by atoms with E-state index in [2.05, 4.69) is 37.9 Å². The first-order chi connectivity index (χ1) is 6.00. The summed E-state index contributed by atoms with van der Waals surface area (Å²) in [6.07, 6.45) is 0. The molecule has 3 N–H and O–H groups in total. The van der Waals surface area contributed by atoms with Crippen LogP contribution in [0.25, 0.3) is 0 Å². The lowest BCUT2D eigenvalue weighted by molar-refractivity contribution is 0.265. The summed E-state index contributed by atoms with van der Waals surface area (Å²) in [6.45, 7) is 10.9. The number of nitrogens with zero attached hydrogens (tertiary/aromatic N) is 1. The van der Waals surface area contributed by atoms with Gasteiger partial charge in [-0.3, -0.25) is 4.90 Å². The van der Waals surface area contributed by atoms with E-state index in [1.54, 1.807) is 0 Å². The van der Waals surface area contributed by atoms with E-state index in [1.807, 2.05) is 0 Å². The summed E-state index contributed by atoms with van der Waals surface area (Å²) in [7, 11) is 0. The molecule has 13 heavy (non-hydrogen) atoms. The third kappa shape index (κ3) is 2.93. The van der Waals surface area contributed by atoms with Gasteiger partial charge in [-0.15, -0.1) is 0 Å². The zero-order valence-corrected chi connectivity index (χ0v) is 9.25. The summed E-state index contributed by atoms with van der Waals surface area (Å²) >= 11 is 0. The SMILES string of the molecule is CC(C)N[C@@H]1CN(C(C)C)C[C@H]1N. The molecule has 1 aliphatic heterocycles. The summed E-state index contributed by atoms with van der Waals surface area (Å²) in [6, 6.07) is 1.92. The molecular weight excluding hydrogens is 162 g/mol. The lowest BCUT2D eigenvalue weighted by atomic mass is 10.1. The maximum absolute atomic E-state index is 6.05. The Morgan fingerprint density at radius 3 is 2.23 bits per heavy atom. The van der Waals surface area contributed by atoms with Gasteiger partial charge in [0.1, 0.15) is 0 Å². The molecule has 1 aliphatic rings. The second kappa shape index (κ2) is 4.40. The number of likely N-dealkylation sites (tertiary alicyclic amines) is 1. The largest absolute Gasteiger partial charge is 0.325 e. The summed E-state index contributed by atoms with van der Waals surface area (Å²) in [5.74, 6) is 0. The van der Waals surface area contributed by atoms with Gasteiger partial charge in [0.15, 0.2) is 0 Å². The molecular formula is C10H23N3. The van der Waals surface area contributed by atoms with E-state index in [4.69, 9.17) is 5.73 Å². The van der Waals surface area contributed by atoms with E-state index >= 15 is 0 Å². The molecule has 78 valence electrons. The molecule has 1 fully saturated rings. The Balaban J connectivity index is 2.42. The predicted molar refractivity (Wildman–Crippen MR) is 56.7 cm³/mol. The normalized spacial score (nSPS) is 30.7. The Kier molecular flexibility index (Phi) is 3.71. The standard InChI is InChI=1S/C10H23N3/c1-7(2)12-10-6-13(8(3)4)5-9(10)11/h7-10,12H,5-6,11H2,1-4H3/t9-,10-/m1/s1. The van der Waals surface area contributed by atoms with Crippen LogP contribution in [0.3, 0.4) is 0 Å². The lowest BCUT2D eigenvalue weighted by Crippen LogP contribution is -2.46. The van der Waals surface area contributed by atoms with Crippen molar-refractivity contribution in [1.82, 2.24) is 10.2 Å². The van der Waals surface area contributed by atoms with E-state index in [9.17, 15) is 0 Å². The number of hydrogen-bond donors (Lipinski definition) is 2. The number of rotatable bonds is 3. The predicted octanol–water partition coefficient (Wildman–Crippen LogP) is 0.404. The quantitative estimate of drug-likeness (QED) is 0.669. The number of hydrogen-bond acceptors (Lipinski definition) is 3. The lowest BCUT2D eigenvalue weighted by Gasteiger charge is -2.21. The zero-order chi connectivity index (χ0) is 10.0. The van der Waals surface area contributed by atoms with E-state index in [0.29, 0.717) is 24.2 Å². The highest BCUT2D eigenvalue weighted by molar-refractivity contribution is 4.93. The maximum Gasteiger partial charge on any atom is 0.0361 e. The van der Waals surface area contributed by atoms with Gasteiger partial charge in [-0.25, -0.2) is 0 Å². The van der Waals surface area contributed by atoms with Crippen LogP contribution in [0.2, 0.25) is 0 Å². The minimum Gasteiger partial charge on any atom is -0.325 e. The van der Waals surface area contributed by atoms with Crippen LogP contribution in [0.1, 0.15) is 27.7 Å². The van der Waals surface area contributed by atoms with Gasteiger partial charge in [0.25, 0.3) is 0 Å². The van der Waals surface area contributed by atoms with Crippen LogP contribution in [0.5, 0.6) is 0 Å². The third-order valence-electron chi connectivity index (χ3n) is 2.67. The molecule has 2 atom stereocenters. The van der Waals surface area contributed by atoms with Gasteiger partial charge in [0.2, 0.25) is 0 Å². The van der Waals surface area contributed by atoms with E-state index < -0.39 is 0 Å². The van der Waals surface area contributed by atoms with Gasteiger partial charge < -0.3 is 11.1 Å². The monoisotopic (exact) mass is 185 g/mol. The van der Waals surface area contributed by atoms with Crippen molar-refractivity contribution in [3.63, 3.8) is 0 Å². The molecule has 3 heteroatoms. The van der Waals surface area contributed by atoms with Crippen molar-refractivity contribution in [2.75, 3.05) is 13.1 Å². The molecule has 0 spiro atoms. The van der Waals surface area contributed by atoms with Gasteiger partial charge in [0.05, 0.1) is 0 Å². The Morgan fingerprint density at radius 2 is 1.85 bits per heavy atom. The zero-order valence-electron chi connectivity index (χ0n) is 9.25. The average Bonchev–Trinajstić information content (AvgIpc) is 2.31. The third-order valence-corrected chi connectivity index (χ3v) is 2.67. The van der Waals surface area contributed by atoms with Gasteiger partial charge in [-0.05, 0) is 13.8 Å². The molecule has 0 aromatic carbocycles. The second-order valence-electron chi connectivity index (χ2n) is 4.64. The topological polar surface area (TPSA) is 41.3 Å². The Hall–Kier alpha value is -0.120. The van der Waals surface area contributed by atoms with Crippen LogP contribution >= 0.6 is 0 Å². The minimum absolute atomic E-state index is 0.296. The fourth-order valence-corrected chi connectivity index (χ4v) is 1.89. The maximum atomic E-state index is 6.05. The summed E-state index contributed by atoms with van der Waals surface area (Å²) in [5, 5.41) is 3.51. The van der Waals surface area contributed by atoms with Crippen molar-refractivity contribution in [2.45, 2.75) is 51.9 Å². The minimum atomic E-state index is 0.296. The average molecular weight is 185 g/mol. The molecule has 0 aromatic rings. The van der Waals surface area contributed by atoms with Crippen LogP contribution in [0.4, 0.5) is 0 Å². The van der Waals surface area contributed by atoms with Crippen LogP contribution in [-0.4, -0.2) is 42.2 Å². The highest BCUT2D eigenvalue weighted by Gasteiger charge is 2.31. The molecule has 1 rings (SSSR count). The van der Waals surface area contributed by atoms with Crippen LogP contribution in [0, 0.1) is 0 Å². The second-order valence-corrected chi connectivity index (χ2v) is 4.64. The highest BCUT2D eigenvalue weighted by Crippen LogP contribution is 2.12. The fraction of sp³-hybridized carbons (Fsp3) is 1.00. The first-order valence-electron chi connectivity index (χ1n) is 5.26. The molecule has 0 radical (unpaired) electrons. The van der Waals surface area contributed by atoms with Crippen molar-refractivity contribution < 1.29 is 0 Å². The molecule has 0 bridgehead atoms. The molecule has 0 unspecified atom stereocenters. The molecule has 0 aliphatic carbocycles. The molecule has 3 nitrogen and oxygen atoms in total. The smallest absolute Gasteiger partial charge is 0.0361 e. The Labute approximate surface area is 81.7 Å². The highest BCUT2D eigenvalue weighted by atomic mass is 15.2. The van der Waals surface area contributed by atoms with Crippen LogP contribution in [-0.2, 0) is 0 Å². The summed E-state index contributed by atoms with van der Waals surface area (Å²) in [4.78, 5) is 2.44. The number of nitrogens with one attached hydrogen (secondary N) is 1. The van der Waals surface area contributed by atoms with Crippen molar-refractivity contribution >= 4 is 0 Å². The van der Waals surface area contributed by atoms with E-state index in [-0.39, 0.29) is 0 Å². The molecule has 0 saturated carbocycles. The van der Waals surface area contributed by atoms with Gasteiger partial charge in [-0.2, -0.15) is 0 Å². The number of nitrogens with two attached hydrogens (primary N) is 1. The molecule has 1 heterocycles. The van der Waals surface area contributed by atoms with Crippen LogP contribution in [0.15, 0.2) is 0 Å². The van der Waals surface area contributed by atoms with E-state index in [0.717, 1.165) is 13.1 Å². The fourth-order valence-electron chi connectivity index (χ4n) is 1.89. The summed E-state index contributed by atoms with van der Waals surface area (Å²) < 4.78 is 0. The van der Waals surface area contributed by atoms with Crippen molar-refractivity contribution in [2.24, 2.45) is 5.73 Å². The van der Waals surface area contributed by atoms with Crippen molar-refractivity contribution in [3.8, 4) is 0 Å². The van der Waals surface area contributed by atoms with Gasteiger partial charge in [0, 0.05) is 37.3 Å². The molecule has 1 saturated heterocycles. The molecule has 0 aromatic heterocycles. The van der Waals surface area contributed by atoms with Crippen LogP contribution < -0.4 is 11.1 Å². The Morgan fingerprint density at radius 1 is 1.23 bits per heavy atom. The van der Waals surface area contributed by atoms with Crippen molar-refractivity contribution in [3.05, 3.63) is 0 Å². The van der Waals surface area contributed by atoms with Crippen molar-refractivity contribution in [1.29, 1.82) is 0 Å². The van der Waals surface area contributed by atoms with Gasteiger partial charge >= 0.3 is 0 Å². The Bertz CT molecular complexity index is 156. The first kappa shape index (κ1) is 11.0. The summed E-state index contributed by atoms with van der Waals surface area (Å²) in [5.41, 5.74) is 6.05. The van der Waals surface area contributed by atoms with E-state index in [1.165, 1.54) is 0 Å². The molecule has 0 amide bonds.